The summed E-state index contributed by atoms with van der Waals surface area (Å²) in [7, 11) is 2.15. The largest absolute Gasteiger partial charge is 0.379 e. The van der Waals surface area contributed by atoms with Gasteiger partial charge in [-0.05, 0) is 25.2 Å². The van der Waals surface area contributed by atoms with Crippen LogP contribution in [0.1, 0.15) is 5.69 Å². The van der Waals surface area contributed by atoms with Gasteiger partial charge in [-0.1, -0.05) is 18.2 Å². The molecular formula is C17H24N4O. The molecule has 0 bridgehead atoms. The molecule has 118 valence electrons. The van der Waals surface area contributed by atoms with Crippen molar-refractivity contribution in [2.24, 2.45) is 0 Å². The van der Waals surface area contributed by atoms with Crippen LogP contribution >= 0.6 is 0 Å². The zero-order chi connectivity index (χ0) is 15.2. The van der Waals surface area contributed by atoms with Crippen LogP contribution in [0.15, 0.2) is 42.6 Å². The molecule has 1 aromatic heterocycles. The molecule has 0 unspecified atom stereocenters. The van der Waals surface area contributed by atoms with Gasteiger partial charge in [-0.25, -0.2) is 4.68 Å². The molecule has 22 heavy (non-hydrogen) atoms. The molecule has 0 spiro atoms. The standard InChI is InChI=1S/C17H24N4O/c1-19(9-10-20-11-13-22-14-12-20)15-16-7-8-21(18-16)17-5-3-2-4-6-17/h2-8H,9-15H2,1H3. The van der Waals surface area contributed by atoms with Gasteiger partial charge in [0.05, 0.1) is 24.6 Å². The van der Waals surface area contributed by atoms with Crippen LogP contribution in [0.4, 0.5) is 0 Å². The fourth-order valence-corrected chi connectivity index (χ4v) is 2.66. The number of hydrogen-bond donors (Lipinski definition) is 0. The van der Waals surface area contributed by atoms with Crippen molar-refractivity contribution in [2.45, 2.75) is 6.54 Å². The third-order valence-electron chi connectivity index (χ3n) is 4.00. The summed E-state index contributed by atoms with van der Waals surface area (Å²) >= 11 is 0. The van der Waals surface area contributed by atoms with Crippen molar-refractivity contribution in [3.05, 3.63) is 48.3 Å². The average molecular weight is 300 g/mol. The van der Waals surface area contributed by atoms with Gasteiger partial charge in [0, 0.05) is 38.9 Å². The predicted molar refractivity (Wildman–Crippen MR) is 87.2 cm³/mol. The molecule has 0 amide bonds. The van der Waals surface area contributed by atoms with E-state index in [9.17, 15) is 0 Å². The number of benzene rings is 1. The Hall–Kier alpha value is -1.69. The van der Waals surface area contributed by atoms with E-state index < -0.39 is 0 Å². The van der Waals surface area contributed by atoms with Crippen LogP contribution in [-0.4, -0.2) is 66.0 Å². The number of rotatable bonds is 6. The van der Waals surface area contributed by atoms with Crippen molar-refractivity contribution >= 4 is 0 Å². The second-order valence-electron chi connectivity index (χ2n) is 5.78. The molecule has 1 aromatic carbocycles. The van der Waals surface area contributed by atoms with E-state index in [0.29, 0.717) is 0 Å². The van der Waals surface area contributed by atoms with Gasteiger partial charge in [0.1, 0.15) is 0 Å². The molecule has 0 atom stereocenters. The lowest BCUT2D eigenvalue weighted by atomic mass is 10.3. The highest BCUT2D eigenvalue weighted by molar-refractivity contribution is 5.30. The van der Waals surface area contributed by atoms with Crippen LogP contribution in [-0.2, 0) is 11.3 Å². The van der Waals surface area contributed by atoms with Crippen LogP contribution in [0.5, 0.6) is 0 Å². The zero-order valence-electron chi connectivity index (χ0n) is 13.2. The van der Waals surface area contributed by atoms with Crippen molar-refractivity contribution in [3.63, 3.8) is 0 Å². The predicted octanol–water partition coefficient (Wildman–Crippen LogP) is 1.64. The number of aromatic nitrogens is 2. The van der Waals surface area contributed by atoms with Crippen LogP contribution < -0.4 is 0 Å². The summed E-state index contributed by atoms with van der Waals surface area (Å²) in [5.41, 5.74) is 2.21. The summed E-state index contributed by atoms with van der Waals surface area (Å²) in [5.74, 6) is 0. The van der Waals surface area contributed by atoms with Crippen molar-refractivity contribution < 1.29 is 4.74 Å². The molecule has 2 heterocycles. The first-order valence-corrected chi connectivity index (χ1v) is 7.90. The van der Waals surface area contributed by atoms with Crippen LogP contribution in [0.2, 0.25) is 0 Å². The highest BCUT2D eigenvalue weighted by atomic mass is 16.5. The Kier molecular flexibility index (Phi) is 5.21. The van der Waals surface area contributed by atoms with Gasteiger partial charge in [0.15, 0.2) is 0 Å². The lowest BCUT2D eigenvalue weighted by Crippen LogP contribution is -2.40. The topological polar surface area (TPSA) is 33.5 Å². The van der Waals surface area contributed by atoms with Crippen molar-refractivity contribution in [2.75, 3.05) is 46.4 Å². The summed E-state index contributed by atoms with van der Waals surface area (Å²) in [5, 5.41) is 4.66. The van der Waals surface area contributed by atoms with Crippen molar-refractivity contribution in [1.82, 2.24) is 19.6 Å². The summed E-state index contributed by atoms with van der Waals surface area (Å²) in [4.78, 5) is 4.79. The second kappa shape index (κ2) is 7.54. The van der Waals surface area contributed by atoms with Gasteiger partial charge in [-0.3, -0.25) is 9.80 Å². The number of hydrogen-bond acceptors (Lipinski definition) is 4. The first kappa shape index (κ1) is 15.2. The minimum atomic E-state index is 0.866. The molecule has 2 aromatic rings. The summed E-state index contributed by atoms with van der Waals surface area (Å²) in [6.07, 6.45) is 2.03. The minimum Gasteiger partial charge on any atom is -0.379 e. The van der Waals surface area contributed by atoms with Crippen molar-refractivity contribution in [3.8, 4) is 5.69 Å². The molecule has 5 nitrogen and oxygen atoms in total. The molecule has 0 saturated carbocycles. The molecule has 1 fully saturated rings. The van der Waals surface area contributed by atoms with Gasteiger partial charge in [0.25, 0.3) is 0 Å². The molecule has 3 rings (SSSR count). The maximum absolute atomic E-state index is 5.38. The summed E-state index contributed by atoms with van der Waals surface area (Å²) in [6, 6.07) is 12.3. The molecule has 0 N–H and O–H groups in total. The molecule has 0 radical (unpaired) electrons. The summed E-state index contributed by atoms with van der Waals surface area (Å²) < 4.78 is 7.31. The van der Waals surface area contributed by atoms with E-state index in [1.165, 1.54) is 0 Å². The lowest BCUT2D eigenvalue weighted by molar-refractivity contribution is 0.0341. The second-order valence-corrected chi connectivity index (χ2v) is 5.78. The van der Waals surface area contributed by atoms with Crippen LogP contribution in [0, 0.1) is 0 Å². The number of nitrogens with zero attached hydrogens (tertiary/aromatic N) is 4. The smallest absolute Gasteiger partial charge is 0.0769 e. The number of para-hydroxylation sites is 1. The minimum absolute atomic E-state index is 0.866. The monoisotopic (exact) mass is 300 g/mol. The fourth-order valence-electron chi connectivity index (χ4n) is 2.66. The Morgan fingerprint density at radius 2 is 1.91 bits per heavy atom. The molecule has 1 saturated heterocycles. The number of likely N-dealkylation sites (N-methyl/N-ethyl adjacent to an activating group) is 1. The van der Waals surface area contributed by atoms with E-state index in [4.69, 9.17) is 4.74 Å². The average Bonchev–Trinajstić information content (AvgIpc) is 3.03. The van der Waals surface area contributed by atoms with Gasteiger partial charge < -0.3 is 4.74 Å². The van der Waals surface area contributed by atoms with Gasteiger partial charge in [-0.2, -0.15) is 5.10 Å². The Bertz CT molecular complexity index is 563. The van der Waals surface area contributed by atoms with E-state index in [2.05, 4.69) is 40.1 Å². The molecule has 0 aliphatic carbocycles. The van der Waals surface area contributed by atoms with E-state index in [1.54, 1.807) is 0 Å². The first-order valence-electron chi connectivity index (χ1n) is 7.90. The first-order chi connectivity index (χ1) is 10.8. The molecular weight excluding hydrogens is 276 g/mol. The van der Waals surface area contributed by atoms with Crippen molar-refractivity contribution in [1.29, 1.82) is 0 Å². The van der Waals surface area contributed by atoms with Gasteiger partial charge in [0.2, 0.25) is 0 Å². The van der Waals surface area contributed by atoms with E-state index >= 15 is 0 Å². The Labute approximate surface area is 132 Å². The molecule has 1 aliphatic heterocycles. The molecule has 1 aliphatic rings. The molecule has 5 heteroatoms. The quantitative estimate of drug-likeness (QED) is 0.812. The maximum Gasteiger partial charge on any atom is 0.0769 e. The number of ether oxygens (including phenoxy) is 1. The Balaban J connectivity index is 1.49. The van der Waals surface area contributed by atoms with Gasteiger partial charge in [-0.15, -0.1) is 0 Å². The highest BCUT2D eigenvalue weighted by Crippen LogP contribution is 2.08. The maximum atomic E-state index is 5.38. The van der Waals surface area contributed by atoms with Gasteiger partial charge >= 0.3 is 0 Å². The third-order valence-corrected chi connectivity index (χ3v) is 4.00. The van der Waals surface area contributed by atoms with E-state index in [1.807, 2.05) is 29.1 Å². The number of morpholine rings is 1. The Morgan fingerprint density at radius 3 is 2.68 bits per heavy atom. The van der Waals surface area contributed by atoms with Crippen LogP contribution in [0.3, 0.4) is 0 Å². The Morgan fingerprint density at radius 1 is 1.14 bits per heavy atom. The van der Waals surface area contributed by atoms with Crippen LogP contribution in [0.25, 0.3) is 5.69 Å². The third kappa shape index (κ3) is 4.16. The lowest BCUT2D eigenvalue weighted by Gasteiger charge is -2.28. The SMILES string of the molecule is CN(CCN1CCOCC1)Cc1ccn(-c2ccccc2)n1. The summed E-state index contributed by atoms with van der Waals surface area (Å²) in [6.45, 7) is 6.87. The normalized spacial score (nSPS) is 16.3. The van der Waals surface area contributed by atoms with E-state index in [0.717, 1.165) is 57.3 Å². The highest BCUT2D eigenvalue weighted by Gasteiger charge is 2.11. The fraction of sp³-hybridized carbons (Fsp3) is 0.471. The zero-order valence-corrected chi connectivity index (χ0v) is 13.2. The van der Waals surface area contributed by atoms with E-state index in [-0.39, 0.29) is 0 Å².